The molecule has 3 rings (SSSR count). The Morgan fingerprint density at radius 1 is 1.19 bits per heavy atom. The Balaban J connectivity index is 1.60. The van der Waals surface area contributed by atoms with Gasteiger partial charge in [0.05, 0.1) is 5.41 Å². The Kier molecular flexibility index (Phi) is 2.04. The lowest BCUT2D eigenvalue weighted by atomic mass is 9.92. The van der Waals surface area contributed by atoms with Gasteiger partial charge in [-0.05, 0) is 37.1 Å². The van der Waals surface area contributed by atoms with Crippen LogP contribution in [-0.2, 0) is 0 Å². The molecule has 0 aromatic rings. The second-order valence-electron chi connectivity index (χ2n) is 6.64. The van der Waals surface area contributed by atoms with Crippen molar-refractivity contribution in [3.63, 3.8) is 0 Å². The topological polar surface area (TPSA) is 3.24 Å². The molecule has 1 saturated heterocycles. The van der Waals surface area contributed by atoms with Crippen molar-refractivity contribution >= 4 is 0 Å². The Morgan fingerprint density at radius 2 is 1.81 bits per heavy atom. The van der Waals surface area contributed by atoms with Gasteiger partial charge in [-0.3, -0.25) is 0 Å². The second-order valence-corrected chi connectivity index (χ2v) is 6.64. The fourth-order valence-corrected chi connectivity index (χ4v) is 3.44. The van der Waals surface area contributed by atoms with Crippen LogP contribution in [0.4, 0.5) is 8.78 Å². The number of nitrogens with zero attached hydrogens (tertiary/aromatic N) is 1. The fourth-order valence-electron chi connectivity index (χ4n) is 3.44. The van der Waals surface area contributed by atoms with E-state index in [4.69, 9.17) is 0 Å². The van der Waals surface area contributed by atoms with Gasteiger partial charge in [0, 0.05) is 19.5 Å². The zero-order valence-electron chi connectivity index (χ0n) is 10.2. The molecule has 2 saturated carbocycles. The molecule has 0 amide bonds. The highest BCUT2D eigenvalue weighted by Gasteiger charge is 2.72. The van der Waals surface area contributed by atoms with E-state index in [1.807, 2.05) is 0 Å². The summed E-state index contributed by atoms with van der Waals surface area (Å²) in [7, 11) is 0. The number of halogens is 2. The number of rotatable bonds is 3. The van der Waals surface area contributed by atoms with E-state index in [0.29, 0.717) is 24.3 Å². The van der Waals surface area contributed by atoms with Crippen molar-refractivity contribution in [3.8, 4) is 0 Å². The van der Waals surface area contributed by atoms with Crippen LogP contribution in [0.3, 0.4) is 0 Å². The van der Waals surface area contributed by atoms with Crippen molar-refractivity contribution in [2.45, 2.75) is 45.5 Å². The molecule has 0 radical (unpaired) electrons. The number of likely N-dealkylation sites (tertiary alicyclic amines) is 1. The van der Waals surface area contributed by atoms with E-state index >= 15 is 0 Å². The predicted octanol–water partition coefficient (Wildman–Crippen LogP) is 3.15. The molecule has 0 bridgehead atoms. The summed E-state index contributed by atoms with van der Waals surface area (Å²) in [6.45, 7) is 7.14. The number of alkyl halides is 2. The van der Waals surface area contributed by atoms with Crippen LogP contribution in [0.25, 0.3) is 0 Å². The van der Waals surface area contributed by atoms with Crippen molar-refractivity contribution in [1.82, 2.24) is 4.90 Å². The molecule has 16 heavy (non-hydrogen) atoms. The minimum absolute atomic E-state index is 0.144. The van der Waals surface area contributed by atoms with Crippen LogP contribution < -0.4 is 0 Å². The third kappa shape index (κ3) is 1.43. The summed E-state index contributed by atoms with van der Waals surface area (Å²) in [5, 5.41) is 0. The quantitative estimate of drug-likeness (QED) is 0.718. The van der Waals surface area contributed by atoms with Crippen LogP contribution in [0.1, 0.15) is 39.5 Å². The van der Waals surface area contributed by atoms with Gasteiger partial charge in [-0.2, -0.15) is 0 Å². The molecular weight excluding hydrogens is 208 g/mol. The molecule has 92 valence electrons. The van der Waals surface area contributed by atoms with Crippen LogP contribution in [0.15, 0.2) is 0 Å². The van der Waals surface area contributed by atoms with E-state index in [9.17, 15) is 8.78 Å². The van der Waals surface area contributed by atoms with Crippen molar-refractivity contribution in [1.29, 1.82) is 0 Å². The van der Waals surface area contributed by atoms with E-state index in [0.717, 1.165) is 13.1 Å². The molecule has 0 N–H and O–H groups in total. The first-order valence-corrected chi connectivity index (χ1v) is 6.49. The van der Waals surface area contributed by atoms with Gasteiger partial charge >= 0.3 is 0 Å². The minimum Gasteiger partial charge on any atom is -0.302 e. The summed E-state index contributed by atoms with van der Waals surface area (Å²) in [5.74, 6) is -1.65. The Morgan fingerprint density at radius 3 is 2.19 bits per heavy atom. The van der Waals surface area contributed by atoms with Crippen LogP contribution >= 0.6 is 0 Å². The molecule has 3 aliphatic rings. The summed E-state index contributed by atoms with van der Waals surface area (Å²) >= 11 is 0. The Hall–Kier alpha value is -0.180. The maximum Gasteiger partial charge on any atom is 0.255 e. The molecule has 1 atom stereocenters. The molecule has 1 aliphatic heterocycles. The van der Waals surface area contributed by atoms with Gasteiger partial charge in [-0.25, -0.2) is 8.78 Å². The van der Waals surface area contributed by atoms with Crippen molar-refractivity contribution in [3.05, 3.63) is 0 Å². The van der Waals surface area contributed by atoms with E-state index in [1.165, 1.54) is 12.8 Å². The Bertz CT molecular complexity index is 309. The van der Waals surface area contributed by atoms with Gasteiger partial charge < -0.3 is 4.90 Å². The zero-order valence-corrected chi connectivity index (χ0v) is 10.2. The third-order valence-electron chi connectivity index (χ3n) is 5.30. The molecule has 3 fully saturated rings. The van der Waals surface area contributed by atoms with Crippen molar-refractivity contribution in [2.24, 2.45) is 16.7 Å². The van der Waals surface area contributed by atoms with Gasteiger partial charge in [0.1, 0.15) is 0 Å². The largest absolute Gasteiger partial charge is 0.302 e. The van der Waals surface area contributed by atoms with Crippen LogP contribution in [0.5, 0.6) is 0 Å². The number of hydrogen-bond donors (Lipinski definition) is 0. The van der Waals surface area contributed by atoms with Gasteiger partial charge in [0.25, 0.3) is 5.92 Å². The lowest BCUT2D eigenvalue weighted by Gasteiger charge is -2.26. The summed E-state index contributed by atoms with van der Waals surface area (Å²) in [6.07, 6.45) is 3.45. The minimum atomic E-state index is -2.35. The van der Waals surface area contributed by atoms with E-state index in [-0.39, 0.29) is 6.42 Å². The first-order valence-electron chi connectivity index (χ1n) is 6.49. The van der Waals surface area contributed by atoms with Crippen LogP contribution in [-0.4, -0.2) is 30.5 Å². The first-order chi connectivity index (χ1) is 7.39. The zero-order chi connectivity index (χ0) is 11.6. The monoisotopic (exact) mass is 229 g/mol. The second kappa shape index (κ2) is 2.98. The molecule has 1 unspecified atom stereocenters. The van der Waals surface area contributed by atoms with Crippen molar-refractivity contribution < 1.29 is 8.78 Å². The SMILES string of the molecule is CC(C)C1(CN2CCC3(C2)CC3(F)F)CC1. The van der Waals surface area contributed by atoms with Crippen LogP contribution in [0, 0.1) is 16.7 Å². The maximum atomic E-state index is 13.2. The molecule has 1 nitrogen and oxygen atoms in total. The fraction of sp³-hybridized carbons (Fsp3) is 1.00. The van der Waals surface area contributed by atoms with Gasteiger partial charge in [0.15, 0.2) is 0 Å². The molecule has 2 aliphatic carbocycles. The standard InChI is InChI=1S/C13H21F2N/c1-10(2)11(3-4-11)8-16-6-5-12(9-16)7-13(12,14)15/h10H,3-9H2,1-2H3. The number of hydrogen-bond acceptors (Lipinski definition) is 1. The van der Waals surface area contributed by atoms with E-state index < -0.39 is 11.3 Å². The van der Waals surface area contributed by atoms with Gasteiger partial charge in [-0.1, -0.05) is 13.8 Å². The molecule has 3 heteroatoms. The summed E-state index contributed by atoms with van der Waals surface area (Å²) in [4.78, 5) is 2.30. The third-order valence-corrected chi connectivity index (χ3v) is 5.30. The average molecular weight is 229 g/mol. The van der Waals surface area contributed by atoms with Crippen molar-refractivity contribution in [2.75, 3.05) is 19.6 Å². The highest BCUT2D eigenvalue weighted by molar-refractivity contribution is 5.15. The van der Waals surface area contributed by atoms with Gasteiger partial charge in [0.2, 0.25) is 0 Å². The summed E-state index contributed by atoms with van der Waals surface area (Å²) < 4.78 is 26.5. The highest BCUT2D eigenvalue weighted by atomic mass is 19.3. The normalized spacial score (nSPS) is 39.6. The molecular formula is C13H21F2N. The molecule has 0 aromatic heterocycles. The van der Waals surface area contributed by atoms with Crippen LogP contribution in [0.2, 0.25) is 0 Å². The maximum absolute atomic E-state index is 13.2. The highest BCUT2D eigenvalue weighted by Crippen LogP contribution is 2.65. The predicted molar refractivity (Wildman–Crippen MR) is 59.6 cm³/mol. The molecule has 0 aromatic carbocycles. The Labute approximate surface area is 96.2 Å². The molecule has 1 heterocycles. The lowest BCUT2D eigenvalue weighted by molar-refractivity contribution is 0.0646. The summed E-state index contributed by atoms with van der Waals surface area (Å²) in [5.41, 5.74) is -0.143. The molecule has 1 spiro atoms. The van der Waals surface area contributed by atoms with E-state index in [2.05, 4.69) is 18.7 Å². The summed E-state index contributed by atoms with van der Waals surface area (Å²) in [6, 6.07) is 0. The van der Waals surface area contributed by atoms with Gasteiger partial charge in [-0.15, -0.1) is 0 Å². The lowest BCUT2D eigenvalue weighted by Crippen LogP contribution is -2.32. The average Bonchev–Trinajstić information content (AvgIpc) is 2.97. The van der Waals surface area contributed by atoms with E-state index in [1.54, 1.807) is 0 Å². The smallest absolute Gasteiger partial charge is 0.255 e. The first kappa shape index (κ1) is 10.9.